The molecule has 1 heterocycles. The van der Waals surface area contributed by atoms with Crippen LogP contribution >= 0.6 is 15.9 Å². The van der Waals surface area contributed by atoms with E-state index in [1.165, 1.54) is 14.2 Å². The van der Waals surface area contributed by atoms with Crippen LogP contribution in [0.4, 0.5) is 5.69 Å². The van der Waals surface area contributed by atoms with Gasteiger partial charge in [-0.25, -0.2) is 0 Å². The molecule has 0 saturated heterocycles. The number of hydrogen-bond acceptors (Lipinski definition) is 6. The van der Waals surface area contributed by atoms with Crippen molar-refractivity contribution in [3.05, 3.63) is 75.3 Å². The van der Waals surface area contributed by atoms with Gasteiger partial charge in [0.1, 0.15) is 0 Å². The summed E-state index contributed by atoms with van der Waals surface area (Å²) in [6.07, 6.45) is 0. The lowest BCUT2D eigenvalue weighted by molar-refractivity contribution is -0.119. The molecule has 2 atom stereocenters. The molecule has 194 valence electrons. The maximum Gasteiger partial charge on any atom is 0.254 e. The van der Waals surface area contributed by atoms with Crippen molar-refractivity contribution >= 4 is 33.4 Å². The third-order valence-electron chi connectivity index (χ3n) is 6.65. The Labute approximate surface area is 224 Å². The first-order chi connectivity index (χ1) is 17.7. The molecule has 0 saturated carbocycles. The van der Waals surface area contributed by atoms with E-state index in [9.17, 15) is 9.59 Å². The fraction of sp³-hybridized carbons (Fsp3) is 0.286. The second kappa shape index (κ2) is 10.7. The highest BCUT2D eigenvalue weighted by atomic mass is 79.9. The quantitative estimate of drug-likeness (QED) is 0.414. The van der Waals surface area contributed by atoms with E-state index in [1.807, 2.05) is 31.2 Å². The Morgan fingerprint density at radius 1 is 0.865 bits per heavy atom. The zero-order chi connectivity index (χ0) is 26.9. The molecule has 0 unspecified atom stereocenters. The Morgan fingerprint density at radius 3 is 2.11 bits per heavy atom. The van der Waals surface area contributed by atoms with Crippen molar-refractivity contribution in [1.29, 1.82) is 0 Å². The predicted molar refractivity (Wildman–Crippen MR) is 144 cm³/mol. The Kier molecular flexibility index (Phi) is 7.63. The number of halogens is 1. The first-order valence-electron chi connectivity index (χ1n) is 11.6. The van der Waals surface area contributed by atoms with Crippen LogP contribution in [0.5, 0.6) is 23.0 Å². The van der Waals surface area contributed by atoms with E-state index >= 15 is 0 Å². The number of carbonyl (C=O) groups excluding carboxylic acids is 2. The van der Waals surface area contributed by atoms with Crippen molar-refractivity contribution in [3.8, 4) is 23.0 Å². The zero-order valence-corrected chi connectivity index (χ0v) is 23.1. The van der Waals surface area contributed by atoms with Crippen molar-refractivity contribution in [2.75, 3.05) is 40.8 Å². The molecule has 1 aliphatic heterocycles. The van der Waals surface area contributed by atoms with Crippen LogP contribution in [0.15, 0.2) is 53.0 Å². The molecule has 2 amide bonds. The standard InChI is InChI=1S/C28H29BrN2O6/c1-15-11-17(29)8-9-20(15)30-27(32)25-18-13-23(36-5)24(37-6)14-19(18)28(33)31(2)26(25)16-7-10-21(34-3)22(12-16)35-4/h7-14,25-26H,1-6H3,(H,30,32)/t25-,26+/m0/s1. The van der Waals surface area contributed by atoms with E-state index in [0.717, 1.165) is 15.6 Å². The predicted octanol–water partition coefficient (Wildman–Crippen LogP) is 5.34. The lowest BCUT2D eigenvalue weighted by Crippen LogP contribution is -2.44. The second-order valence-electron chi connectivity index (χ2n) is 8.70. The molecule has 9 heteroatoms. The van der Waals surface area contributed by atoms with Gasteiger partial charge in [0.05, 0.1) is 40.4 Å². The molecule has 0 spiro atoms. The molecule has 0 radical (unpaired) electrons. The summed E-state index contributed by atoms with van der Waals surface area (Å²) in [6.45, 7) is 1.92. The number of benzene rings is 3. The van der Waals surface area contributed by atoms with Gasteiger partial charge in [0.2, 0.25) is 5.91 Å². The highest BCUT2D eigenvalue weighted by Gasteiger charge is 2.44. The van der Waals surface area contributed by atoms with Crippen LogP contribution in [0.3, 0.4) is 0 Å². The Bertz CT molecular complexity index is 1360. The molecule has 4 rings (SSSR count). The molecular weight excluding hydrogens is 540 g/mol. The number of ether oxygens (including phenoxy) is 4. The number of hydrogen-bond donors (Lipinski definition) is 1. The summed E-state index contributed by atoms with van der Waals surface area (Å²) in [5.74, 6) is 0.630. The fourth-order valence-electron chi connectivity index (χ4n) is 4.76. The smallest absolute Gasteiger partial charge is 0.254 e. The molecule has 0 aliphatic carbocycles. The van der Waals surface area contributed by atoms with Crippen LogP contribution in [0.1, 0.15) is 39.0 Å². The Balaban J connectivity index is 1.91. The number of anilines is 1. The van der Waals surface area contributed by atoms with Gasteiger partial charge in [-0.3, -0.25) is 9.59 Å². The van der Waals surface area contributed by atoms with Gasteiger partial charge >= 0.3 is 0 Å². The third kappa shape index (κ3) is 4.83. The molecular formula is C28H29BrN2O6. The maximum atomic E-state index is 14.0. The average Bonchev–Trinajstić information content (AvgIpc) is 2.90. The molecule has 3 aromatic rings. The van der Waals surface area contributed by atoms with Crippen LogP contribution in [0.25, 0.3) is 0 Å². The molecule has 8 nitrogen and oxygen atoms in total. The molecule has 1 aliphatic rings. The minimum absolute atomic E-state index is 0.236. The summed E-state index contributed by atoms with van der Waals surface area (Å²) in [6, 6.07) is 13.8. The van der Waals surface area contributed by atoms with Gasteiger partial charge < -0.3 is 29.2 Å². The average molecular weight is 569 g/mol. The van der Waals surface area contributed by atoms with Crippen molar-refractivity contribution in [1.82, 2.24) is 4.90 Å². The first kappa shape index (κ1) is 26.3. The van der Waals surface area contributed by atoms with Crippen LogP contribution in [-0.2, 0) is 4.79 Å². The van der Waals surface area contributed by atoms with E-state index in [2.05, 4.69) is 21.2 Å². The summed E-state index contributed by atoms with van der Waals surface area (Å²) < 4.78 is 22.8. The molecule has 0 bridgehead atoms. The molecule has 1 N–H and O–H groups in total. The van der Waals surface area contributed by atoms with Crippen molar-refractivity contribution in [2.24, 2.45) is 0 Å². The van der Waals surface area contributed by atoms with Crippen LogP contribution in [0, 0.1) is 6.92 Å². The van der Waals surface area contributed by atoms with E-state index in [0.29, 0.717) is 39.8 Å². The number of fused-ring (bicyclic) bond motifs is 1. The molecule has 0 aromatic heterocycles. The number of amides is 2. The number of rotatable bonds is 7. The number of nitrogens with zero attached hydrogens (tertiary/aromatic N) is 1. The van der Waals surface area contributed by atoms with E-state index in [4.69, 9.17) is 18.9 Å². The maximum absolute atomic E-state index is 14.0. The van der Waals surface area contributed by atoms with Crippen molar-refractivity contribution in [2.45, 2.75) is 18.9 Å². The Hall–Kier alpha value is -3.72. The topological polar surface area (TPSA) is 86.3 Å². The number of carbonyl (C=O) groups is 2. The Morgan fingerprint density at radius 2 is 1.49 bits per heavy atom. The first-order valence-corrected chi connectivity index (χ1v) is 12.3. The zero-order valence-electron chi connectivity index (χ0n) is 21.5. The van der Waals surface area contributed by atoms with Crippen molar-refractivity contribution < 1.29 is 28.5 Å². The van der Waals surface area contributed by atoms with E-state index < -0.39 is 12.0 Å². The summed E-state index contributed by atoms with van der Waals surface area (Å²) in [7, 11) is 7.82. The number of aryl methyl sites for hydroxylation is 1. The SMILES string of the molecule is COc1ccc([C@@H]2[C@@H](C(=O)Nc3ccc(Br)cc3C)c3cc(OC)c(OC)cc3C(=O)N2C)cc1OC. The van der Waals surface area contributed by atoms with Gasteiger partial charge in [-0.15, -0.1) is 0 Å². The van der Waals surface area contributed by atoms with Gasteiger partial charge in [-0.2, -0.15) is 0 Å². The monoisotopic (exact) mass is 568 g/mol. The summed E-state index contributed by atoms with van der Waals surface area (Å²) >= 11 is 3.47. The fourth-order valence-corrected chi connectivity index (χ4v) is 5.24. The van der Waals surface area contributed by atoms with Crippen LogP contribution in [-0.4, -0.2) is 52.2 Å². The van der Waals surface area contributed by atoms with Gasteiger partial charge in [0.15, 0.2) is 23.0 Å². The lowest BCUT2D eigenvalue weighted by Gasteiger charge is -2.40. The summed E-state index contributed by atoms with van der Waals surface area (Å²) in [5, 5.41) is 3.07. The van der Waals surface area contributed by atoms with Gasteiger partial charge in [0, 0.05) is 22.8 Å². The third-order valence-corrected chi connectivity index (χ3v) is 7.15. The summed E-state index contributed by atoms with van der Waals surface area (Å²) in [4.78, 5) is 29.2. The van der Waals surface area contributed by atoms with Gasteiger partial charge in [-0.1, -0.05) is 22.0 Å². The van der Waals surface area contributed by atoms with E-state index in [1.54, 1.807) is 50.4 Å². The molecule has 3 aromatic carbocycles. The van der Waals surface area contributed by atoms with Gasteiger partial charge in [-0.05, 0) is 66.1 Å². The van der Waals surface area contributed by atoms with Crippen LogP contribution < -0.4 is 24.3 Å². The lowest BCUT2D eigenvalue weighted by atomic mass is 9.79. The highest BCUT2D eigenvalue weighted by molar-refractivity contribution is 9.10. The number of likely N-dealkylation sites (N-methyl/N-ethyl adjacent to an activating group) is 1. The summed E-state index contributed by atoms with van der Waals surface area (Å²) in [5.41, 5.74) is 3.23. The highest BCUT2D eigenvalue weighted by Crippen LogP contribution is 2.47. The molecule has 0 fully saturated rings. The minimum atomic E-state index is -0.765. The molecule has 37 heavy (non-hydrogen) atoms. The van der Waals surface area contributed by atoms with E-state index in [-0.39, 0.29) is 11.8 Å². The van der Waals surface area contributed by atoms with Crippen LogP contribution in [0.2, 0.25) is 0 Å². The van der Waals surface area contributed by atoms with Gasteiger partial charge in [0.25, 0.3) is 5.91 Å². The number of methoxy groups -OCH3 is 4. The number of nitrogens with one attached hydrogen (secondary N) is 1. The second-order valence-corrected chi connectivity index (χ2v) is 9.61. The largest absolute Gasteiger partial charge is 0.493 e. The van der Waals surface area contributed by atoms with Crippen molar-refractivity contribution in [3.63, 3.8) is 0 Å². The minimum Gasteiger partial charge on any atom is -0.493 e. The normalized spacial score (nSPS) is 16.6.